The summed E-state index contributed by atoms with van der Waals surface area (Å²) in [6, 6.07) is 11.3. The van der Waals surface area contributed by atoms with Crippen LogP contribution in [0.2, 0.25) is 0 Å². The second-order valence-electron chi connectivity index (χ2n) is 5.57. The third-order valence-electron chi connectivity index (χ3n) is 4.03. The summed E-state index contributed by atoms with van der Waals surface area (Å²) < 4.78 is 5.92. The fraction of sp³-hybridized carbons (Fsp3) is 0.353. The molecule has 110 valence electrons. The normalized spacial score (nSPS) is 22.0. The van der Waals surface area contributed by atoms with E-state index < -0.39 is 0 Å². The molecule has 2 aromatic rings. The first-order valence-corrected chi connectivity index (χ1v) is 7.39. The second-order valence-corrected chi connectivity index (χ2v) is 5.57. The van der Waals surface area contributed by atoms with Crippen molar-refractivity contribution < 1.29 is 9.84 Å². The van der Waals surface area contributed by atoms with E-state index in [1.165, 1.54) is 0 Å². The number of nitrogens with zero attached hydrogens (tertiary/aromatic N) is 1. The van der Waals surface area contributed by atoms with E-state index in [1.807, 2.05) is 30.3 Å². The van der Waals surface area contributed by atoms with Gasteiger partial charge in [-0.25, -0.2) is 4.98 Å². The third-order valence-corrected chi connectivity index (χ3v) is 4.03. The van der Waals surface area contributed by atoms with E-state index >= 15 is 0 Å². The van der Waals surface area contributed by atoms with Gasteiger partial charge in [0, 0.05) is 17.4 Å². The maximum absolute atomic E-state index is 9.65. The van der Waals surface area contributed by atoms with Crippen molar-refractivity contribution in [1.29, 1.82) is 0 Å². The summed E-state index contributed by atoms with van der Waals surface area (Å²) in [5.74, 6) is 1.80. The molecule has 1 aromatic heterocycles. The molecular weight excluding hydrogens is 264 g/mol. The summed E-state index contributed by atoms with van der Waals surface area (Å²) in [6.07, 6.45) is 5.24. The molecule has 0 unspecified atom stereocenters. The van der Waals surface area contributed by atoms with Crippen molar-refractivity contribution >= 4 is 5.69 Å². The van der Waals surface area contributed by atoms with Crippen molar-refractivity contribution in [2.24, 2.45) is 0 Å². The van der Waals surface area contributed by atoms with Gasteiger partial charge >= 0.3 is 0 Å². The quantitative estimate of drug-likeness (QED) is 0.847. The molecule has 0 amide bonds. The summed E-state index contributed by atoms with van der Waals surface area (Å²) in [5, 5.41) is 9.65. The first-order chi connectivity index (χ1) is 10.2. The fourth-order valence-electron chi connectivity index (χ4n) is 2.83. The Morgan fingerprint density at radius 1 is 1.05 bits per heavy atom. The predicted octanol–water partition coefficient (Wildman–Crippen LogP) is 3.47. The summed E-state index contributed by atoms with van der Waals surface area (Å²) >= 11 is 0. The molecule has 0 spiro atoms. The smallest absolute Gasteiger partial charge is 0.222 e. The molecule has 0 bridgehead atoms. The number of ether oxygens (including phenoxy) is 1. The maximum atomic E-state index is 9.65. The highest BCUT2D eigenvalue weighted by molar-refractivity contribution is 5.43. The van der Waals surface area contributed by atoms with Crippen LogP contribution in [0, 0.1) is 0 Å². The summed E-state index contributed by atoms with van der Waals surface area (Å²) in [5.41, 5.74) is 7.52. The van der Waals surface area contributed by atoms with Gasteiger partial charge < -0.3 is 15.6 Å². The van der Waals surface area contributed by atoms with E-state index in [0.717, 1.165) is 37.0 Å². The first kappa shape index (κ1) is 13.9. The van der Waals surface area contributed by atoms with Gasteiger partial charge in [0.1, 0.15) is 5.75 Å². The Morgan fingerprint density at radius 3 is 2.48 bits per heavy atom. The number of anilines is 1. The lowest BCUT2D eigenvalue weighted by atomic mass is 9.83. The van der Waals surface area contributed by atoms with Gasteiger partial charge in [0.05, 0.1) is 6.10 Å². The highest BCUT2D eigenvalue weighted by Crippen LogP contribution is 2.37. The maximum Gasteiger partial charge on any atom is 0.222 e. The SMILES string of the molecule is Nc1ccc(Oc2ncccc2C2CCC(O)CC2)cc1. The van der Waals surface area contributed by atoms with Gasteiger partial charge in [-0.1, -0.05) is 6.07 Å². The zero-order valence-corrected chi connectivity index (χ0v) is 11.9. The lowest BCUT2D eigenvalue weighted by Gasteiger charge is -2.26. The van der Waals surface area contributed by atoms with Crippen LogP contribution in [0.3, 0.4) is 0 Å². The highest BCUT2D eigenvalue weighted by Gasteiger charge is 2.24. The average molecular weight is 284 g/mol. The van der Waals surface area contributed by atoms with Crippen LogP contribution in [0.15, 0.2) is 42.6 Å². The minimum absolute atomic E-state index is 0.153. The van der Waals surface area contributed by atoms with E-state index in [0.29, 0.717) is 17.5 Å². The molecule has 0 aliphatic heterocycles. The van der Waals surface area contributed by atoms with Crippen LogP contribution >= 0.6 is 0 Å². The van der Waals surface area contributed by atoms with E-state index in [4.69, 9.17) is 10.5 Å². The number of benzene rings is 1. The summed E-state index contributed by atoms with van der Waals surface area (Å²) in [4.78, 5) is 4.37. The fourth-order valence-corrected chi connectivity index (χ4v) is 2.83. The summed E-state index contributed by atoms with van der Waals surface area (Å²) in [6.45, 7) is 0. The van der Waals surface area contributed by atoms with Crippen LogP contribution in [-0.4, -0.2) is 16.2 Å². The molecule has 1 aliphatic rings. The van der Waals surface area contributed by atoms with Crippen molar-refractivity contribution in [3.63, 3.8) is 0 Å². The molecule has 0 atom stereocenters. The van der Waals surface area contributed by atoms with Crippen LogP contribution in [0.4, 0.5) is 5.69 Å². The average Bonchev–Trinajstić information content (AvgIpc) is 2.51. The predicted molar refractivity (Wildman–Crippen MR) is 82.4 cm³/mol. The third kappa shape index (κ3) is 3.34. The second kappa shape index (κ2) is 6.14. The lowest BCUT2D eigenvalue weighted by Crippen LogP contribution is -2.17. The van der Waals surface area contributed by atoms with Gasteiger partial charge in [0.25, 0.3) is 0 Å². The molecule has 21 heavy (non-hydrogen) atoms. The molecule has 1 saturated carbocycles. The number of aliphatic hydroxyl groups is 1. The molecule has 4 nitrogen and oxygen atoms in total. The molecule has 3 N–H and O–H groups in total. The number of rotatable bonds is 3. The molecular formula is C17H20N2O2. The number of pyridine rings is 1. The highest BCUT2D eigenvalue weighted by atomic mass is 16.5. The minimum atomic E-state index is -0.153. The number of nitrogens with two attached hydrogens (primary N) is 1. The van der Waals surface area contributed by atoms with Gasteiger partial charge in [-0.05, 0) is 61.9 Å². The van der Waals surface area contributed by atoms with Crippen LogP contribution in [0.1, 0.15) is 37.2 Å². The molecule has 1 aromatic carbocycles. The monoisotopic (exact) mass is 284 g/mol. The van der Waals surface area contributed by atoms with Gasteiger partial charge in [-0.2, -0.15) is 0 Å². The van der Waals surface area contributed by atoms with Gasteiger partial charge in [-0.15, -0.1) is 0 Å². The topological polar surface area (TPSA) is 68.4 Å². The molecule has 1 aliphatic carbocycles. The number of aromatic nitrogens is 1. The first-order valence-electron chi connectivity index (χ1n) is 7.39. The van der Waals surface area contributed by atoms with Gasteiger partial charge in [-0.3, -0.25) is 0 Å². The number of hydrogen-bond donors (Lipinski definition) is 2. The van der Waals surface area contributed by atoms with Crippen LogP contribution in [0.5, 0.6) is 11.6 Å². The van der Waals surface area contributed by atoms with Crippen LogP contribution in [-0.2, 0) is 0 Å². The van der Waals surface area contributed by atoms with Crippen molar-refractivity contribution in [3.05, 3.63) is 48.2 Å². The van der Waals surface area contributed by atoms with E-state index in [9.17, 15) is 5.11 Å². The zero-order valence-electron chi connectivity index (χ0n) is 11.9. The van der Waals surface area contributed by atoms with Crippen molar-refractivity contribution in [2.75, 3.05) is 5.73 Å². The molecule has 4 heteroatoms. The Bertz CT molecular complexity index is 590. The molecule has 1 heterocycles. The van der Waals surface area contributed by atoms with E-state index in [2.05, 4.69) is 11.1 Å². The minimum Gasteiger partial charge on any atom is -0.439 e. The Morgan fingerprint density at radius 2 is 1.76 bits per heavy atom. The lowest BCUT2D eigenvalue weighted by molar-refractivity contribution is 0.122. The number of aliphatic hydroxyl groups excluding tert-OH is 1. The molecule has 0 saturated heterocycles. The van der Waals surface area contributed by atoms with Crippen molar-refractivity contribution in [2.45, 2.75) is 37.7 Å². The van der Waals surface area contributed by atoms with Crippen molar-refractivity contribution in [3.8, 4) is 11.6 Å². The molecule has 0 radical (unpaired) electrons. The Kier molecular flexibility index (Phi) is 4.06. The zero-order chi connectivity index (χ0) is 14.7. The van der Waals surface area contributed by atoms with Gasteiger partial charge in [0.2, 0.25) is 5.88 Å². The van der Waals surface area contributed by atoms with Crippen LogP contribution < -0.4 is 10.5 Å². The van der Waals surface area contributed by atoms with E-state index in [-0.39, 0.29) is 6.10 Å². The number of nitrogen functional groups attached to an aromatic ring is 1. The number of hydrogen-bond acceptors (Lipinski definition) is 4. The Hall–Kier alpha value is -2.07. The van der Waals surface area contributed by atoms with Crippen LogP contribution in [0.25, 0.3) is 0 Å². The Balaban J connectivity index is 1.80. The van der Waals surface area contributed by atoms with Crippen molar-refractivity contribution in [1.82, 2.24) is 4.98 Å². The molecule has 1 fully saturated rings. The van der Waals surface area contributed by atoms with Gasteiger partial charge in [0.15, 0.2) is 0 Å². The standard InChI is InChI=1S/C17H20N2O2/c18-13-5-9-15(10-6-13)21-17-16(2-1-11-19-17)12-3-7-14(20)8-4-12/h1-2,5-6,9-12,14,20H,3-4,7-8,18H2. The summed E-state index contributed by atoms with van der Waals surface area (Å²) in [7, 11) is 0. The largest absolute Gasteiger partial charge is 0.439 e. The Labute approximate surface area is 124 Å². The van der Waals surface area contributed by atoms with E-state index in [1.54, 1.807) is 6.20 Å². The molecule has 3 rings (SSSR count).